The number of benzene rings is 1. The summed E-state index contributed by atoms with van der Waals surface area (Å²) in [6.07, 6.45) is 1.43. The molecule has 0 bridgehead atoms. The lowest BCUT2D eigenvalue weighted by atomic mass is 10.2. The van der Waals surface area contributed by atoms with Gasteiger partial charge in [0.25, 0.3) is 5.91 Å². The Morgan fingerprint density at radius 3 is 2.83 bits per heavy atom. The van der Waals surface area contributed by atoms with Crippen molar-refractivity contribution in [2.24, 2.45) is 0 Å². The zero-order valence-electron chi connectivity index (χ0n) is 9.71. The van der Waals surface area contributed by atoms with E-state index in [4.69, 9.17) is 0 Å². The molecule has 2 aromatic rings. The molecule has 0 spiro atoms. The number of aryl methyl sites for hydroxylation is 1. The van der Waals surface area contributed by atoms with Crippen LogP contribution < -0.4 is 5.32 Å². The predicted octanol–water partition coefficient (Wildman–Crippen LogP) is 1.18. The van der Waals surface area contributed by atoms with Crippen molar-refractivity contribution in [2.75, 3.05) is 6.67 Å². The summed E-state index contributed by atoms with van der Waals surface area (Å²) >= 11 is 0. The minimum absolute atomic E-state index is 0.110. The number of nitrogens with one attached hydrogen (secondary N) is 1. The molecule has 1 aromatic heterocycles. The molecule has 5 nitrogen and oxygen atoms in total. The largest absolute Gasteiger partial charge is 0.347 e. The molecular formula is C12H13FN4O. The zero-order valence-corrected chi connectivity index (χ0v) is 9.71. The molecule has 0 radical (unpaired) electrons. The summed E-state index contributed by atoms with van der Waals surface area (Å²) in [5.41, 5.74) is 1.20. The summed E-state index contributed by atoms with van der Waals surface area (Å²) in [6.45, 7) is 0.00302. The van der Waals surface area contributed by atoms with E-state index in [0.29, 0.717) is 6.54 Å². The molecule has 0 saturated carbocycles. The van der Waals surface area contributed by atoms with Gasteiger partial charge in [0.15, 0.2) is 5.69 Å². The number of hydrogen-bond donors (Lipinski definition) is 1. The Morgan fingerprint density at radius 1 is 1.33 bits per heavy atom. The standard InChI is InChI=1S/C12H13FN4O/c13-6-7-17-9-11(15-16-17)12(18)14-8-10-4-2-1-3-5-10/h1-5,9H,6-8H2,(H,14,18)/i13-1. The minimum Gasteiger partial charge on any atom is -0.347 e. The fourth-order valence-electron chi connectivity index (χ4n) is 1.47. The van der Waals surface area contributed by atoms with Gasteiger partial charge < -0.3 is 5.32 Å². The van der Waals surface area contributed by atoms with E-state index >= 15 is 0 Å². The average Bonchev–Trinajstić information content (AvgIpc) is 2.86. The monoisotopic (exact) mass is 247 g/mol. The maximum Gasteiger partial charge on any atom is 0.273 e. The molecule has 0 atom stereocenters. The molecule has 2 rings (SSSR count). The van der Waals surface area contributed by atoms with Gasteiger partial charge in [-0.2, -0.15) is 0 Å². The highest BCUT2D eigenvalue weighted by molar-refractivity contribution is 5.91. The first-order valence-corrected chi connectivity index (χ1v) is 5.58. The number of carbonyl (C=O) groups excluding carboxylic acids is 1. The SMILES string of the molecule is O=C(NCc1ccccc1)c1cn(CC[18F])nn1. The maximum absolute atomic E-state index is 12.1. The van der Waals surface area contributed by atoms with Crippen LogP contribution in [0.15, 0.2) is 36.5 Å². The van der Waals surface area contributed by atoms with Crippen molar-refractivity contribution in [3.63, 3.8) is 0 Å². The van der Waals surface area contributed by atoms with Gasteiger partial charge in [0, 0.05) is 6.54 Å². The Balaban J connectivity index is 1.91. The maximum atomic E-state index is 12.1. The van der Waals surface area contributed by atoms with Gasteiger partial charge in [-0.3, -0.25) is 4.79 Å². The van der Waals surface area contributed by atoms with Crippen molar-refractivity contribution in [3.05, 3.63) is 47.8 Å². The van der Waals surface area contributed by atoms with Crippen LogP contribution in [0.3, 0.4) is 0 Å². The van der Waals surface area contributed by atoms with E-state index in [0.717, 1.165) is 5.56 Å². The number of alkyl halides is 1. The van der Waals surface area contributed by atoms with Crippen LogP contribution in [0.5, 0.6) is 0 Å². The predicted molar refractivity (Wildman–Crippen MR) is 63.6 cm³/mol. The first-order valence-electron chi connectivity index (χ1n) is 5.58. The molecule has 94 valence electrons. The second-order valence-corrected chi connectivity index (χ2v) is 3.72. The highest BCUT2D eigenvalue weighted by Gasteiger charge is 2.09. The van der Waals surface area contributed by atoms with E-state index in [1.807, 2.05) is 30.3 Å². The number of rotatable bonds is 5. The van der Waals surface area contributed by atoms with Crippen LogP contribution in [-0.2, 0) is 13.1 Å². The summed E-state index contributed by atoms with van der Waals surface area (Å²) in [6, 6.07) is 9.55. The van der Waals surface area contributed by atoms with Crippen molar-refractivity contribution in [1.82, 2.24) is 20.3 Å². The molecule has 0 aliphatic rings. The van der Waals surface area contributed by atoms with Crippen LogP contribution in [0.25, 0.3) is 0 Å². The molecule has 6 heteroatoms. The lowest BCUT2D eigenvalue weighted by Gasteiger charge is -2.02. The molecule has 0 saturated heterocycles. The van der Waals surface area contributed by atoms with Gasteiger partial charge in [-0.25, -0.2) is 9.07 Å². The molecule has 1 amide bonds. The molecular weight excluding hydrogens is 234 g/mol. The van der Waals surface area contributed by atoms with Crippen LogP contribution in [-0.4, -0.2) is 27.6 Å². The van der Waals surface area contributed by atoms with E-state index in [9.17, 15) is 9.18 Å². The number of halogens is 1. The fourth-order valence-corrected chi connectivity index (χ4v) is 1.47. The van der Waals surface area contributed by atoms with E-state index in [1.165, 1.54) is 10.9 Å². The quantitative estimate of drug-likeness (QED) is 0.863. The first kappa shape index (κ1) is 12.2. The van der Waals surface area contributed by atoms with Crippen LogP contribution in [0.1, 0.15) is 16.1 Å². The normalized spacial score (nSPS) is 10.3. The smallest absolute Gasteiger partial charge is 0.273 e. The molecule has 0 unspecified atom stereocenters. The zero-order chi connectivity index (χ0) is 12.8. The van der Waals surface area contributed by atoms with E-state index in [2.05, 4.69) is 15.6 Å². The van der Waals surface area contributed by atoms with Crippen molar-refractivity contribution in [3.8, 4) is 0 Å². The summed E-state index contributed by atoms with van der Waals surface area (Å²) in [5.74, 6) is -0.316. The van der Waals surface area contributed by atoms with E-state index in [-0.39, 0.29) is 18.1 Å². The van der Waals surface area contributed by atoms with Crippen molar-refractivity contribution < 1.29 is 9.18 Å². The minimum atomic E-state index is -0.533. The molecule has 18 heavy (non-hydrogen) atoms. The van der Waals surface area contributed by atoms with Crippen molar-refractivity contribution in [2.45, 2.75) is 13.1 Å². The van der Waals surface area contributed by atoms with Gasteiger partial charge in [0.05, 0.1) is 12.7 Å². The number of carbonyl (C=O) groups is 1. The van der Waals surface area contributed by atoms with Crippen LogP contribution in [0.4, 0.5) is 4.39 Å². The van der Waals surface area contributed by atoms with E-state index in [1.54, 1.807) is 0 Å². The van der Waals surface area contributed by atoms with Gasteiger partial charge in [-0.1, -0.05) is 35.5 Å². The molecule has 0 aliphatic heterocycles. The Bertz CT molecular complexity index is 512. The van der Waals surface area contributed by atoms with Gasteiger partial charge in [0.1, 0.15) is 6.67 Å². The lowest BCUT2D eigenvalue weighted by Crippen LogP contribution is -2.23. The molecule has 0 fully saturated rings. The number of aromatic nitrogens is 3. The topological polar surface area (TPSA) is 59.8 Å². The Hall–Kier alpha value is -2.24. The van der Waals surface area contributed by atoms with Crippen molar-refractivity contribution in [1.29, 1.82) is 0 Å². The first-order chi connectivity index (χ1) is 8.79. The molecule has 1 aromatic carbocycles. The summed E-state index contributed by atoms with van der Waals surface area (Å²) in [4.78, 5) is 11.7. The van der Waals surface area contributed by atoms with Gasteiger partial charge in [-0.15, -0.1) is 5.10 Å². The highest BCUT2D eigenvalue weighted by Crippen LogP contribution is 1.99. The third kappa shape index (κ3) is 3.13. The van der Waals surface area contributed by atoms with Gasteiger partial charge in [-0.05, 0) is 5.56 Å². The van der Waals surface area contributed by atoms with Gasteiger partial charge >= 0.3 is 0 Å². The van der Waals surface area contributed by atoms with Crippen LogP contribution >= 0.6 is 0 Å². The number of hydrogen-bond acceptors (Lipinski definition) is 3. The average molecular weight is 247 g/mol. The van der Waals surface area contributed by atoms with E-state index < -0.39 is 6.67 Å². The lowest BCUT2D eigenvalue weighted by molar-refractivity contribution is 0.0946. The fraction of sp³-hybridized carbons (Fsp3) is 0.250. The summed E-state index contributed by atoms with van der Waals surface area (Å²) < 4.78 is 13.4. The van der Waals surface area contributed by atoms with Gasteiger partial charge in [0.2, 0.25) is 0 Å². The molecule has 1 heterocycles. The summed E-state index contributed by atoms with van der Waals surface area (Å²) in [5, 5.41) is 10.1. The highest BCUT2D eigenvalue weighted by atomic mass is 18.2. The Morgan fingerprint density at radius 2 is 2.11 bits per heavy atom. The third-order valence-electron chi connectivity index (χ3n) is 2.38. The van der Waals surface area contributed by atoms with Crippen molar-refractivity contribution >= 4 is 5.91 Å². The second kappa shape index (κ2) is 5.90. The summed E-state index contributed by atoms with van der Waals surface area (Å²) in [7, 11) is 0. The van der Waals surface area contributed by atoms with Crippen LogP contribution in [0.2, 0.25) is 0 Å². The second-order valence-electron chi connectivity index (χ2n) is 3.72. The Kier molecular flexibility index (Phi) is 4.01. The Labute approximate surface area is 104 Å². The number of amides is 1. The molecule has 1 N–H and O–H groups in total. The third-order valence-corrected chi connectivity index (χ3v) is 2.38. The molecule has 0 aliphatic carbocycles. The number of nitrogens with zero attached hydrogens (tertiary/aromatic N) is 3. The van der Waals surface area contributed by atoms with Crippen LogP contribution in [0, 0.1) is 0 Å².